The smallest absolute Gasteiger partial charge is 0.420 e. The topological polar surface area (TPSA) is 86.7 Å². The van der Waals surface area contributed by atoms with Crippen LogP contribution in [0.2, 0.25) is 0 Å². The van der Waals surface area contributed by atoms with E-state index in [0.29, 0.717) is 6.07 Å². The number of nitrogens with two attached hydrogens (primary N) is 1. The molecule has 7 heteroatoms. The van der Waals surface area contributed by atoms with E-state index in [1.165, 1.54) is 0 Å². The number of hydrogen-bond donors (Lipinski definition) is 4. The van der Waals surface area contributed by atoms with Crippen LogP contribution in [0.1, 0.15) is 5.56 Å². The molecular formula is C7H6F3NO3. The first kappa shape index (κ1) is 10.3. The lowest BCUT2D eigenvalue weighted by atomic mass is 10.1. The van der Waals surface area contributed by atoms with Crippen molar-refractivity contribution in [1.82, 2.24) is 0 Å². The van der Waals surface area contributed by atoms with Crippen LogP contribution in [0, 0.1) is 0 Å². The largest absolute Gasteiger partial charge is 0.504 e. The average molecular weight is 209 g/mol. The van der Waals surface area contributed by atoms with Gasteiger partial charge < -0.3 is 21.1 Å². The van der Waals surface area contributed by atoms with Gasteiger partial charge in [0.15, 0.2) is 11.5 Å². The molecule has 0 bridgehead atoms. The summed E-state index contributed by atoms with van der Waals surface area (Å²) in [5, 5.41) is 26.6. The van der Waals surface area contributed by atoms with Gasteiger partial charge in [-0.15, -0.1) is 0 Å². The summed E-state index contributed by atoms with van der Waals surface area (Å²) in [5.74, 6) is -3.70. The molecule has 1 rings (SSSR count). The summed E-state index contributed by atoms with van der Waals surface area (Å²) in [5.41, 5.74) is 2.81. The summed E-state index contributed by atoms with van der Waals surface area (Å²) in [7, 11) is 0. The fourth-order valence-corrected chi connectivity index (χ4v) is 0.885. The maximum Gasteiger partial charge on any atom is 0.420 e. The molecule has 0 atom stereocenters. The van der Waals surface area contributed by atoms with E-state index in [4.69, 9.17) is 21.1 Å². The van der Waals surface area contributed by atoms with Crippen molar-refractivity contribution in [3.05, 3.63) is 11.6 Å². The van der Waals surface area contributed by atoms with Gasteiger partial charge in [0.2, 0.25) is 5.75 Å². The van der Waals surface area contributed by atoms with E-state index in [9.17, 15) is 13.2 Å². The summed E-state index contributed by atoms with van der Waals surface area (Å²) in [6, 6.07) is 0.338. The van der Waals surface area contributed by atoms with Crippen LogP contribution in [-0.2, 0) is 6.18 Å². The van der Waals surface area contributed by atoms with Gasteiger partial charge in [0.1, 0.15) is 5.56 Å². The SMILES string of the molecule is Nc1cc(C(F)(F)F)c(O)c(O)c1O. The standard InChI is InChI=1S/C7H6F3NO3/c8-7(9,10)2-1-3(11)5(13)6(14)4(2)12/h1,12-14H,11H2. The third-order valence-electron chi connectivity index (χ3n) is 1.58. The van der Waals surface area contributed by atoms with E-state index in [1.54, 1.807) is 0 Å². The molecule has 0 heterocycles. The van der Waals surface area contributed by atoms with Crippen LogP contribution in [0.15, 0.2) is 6.07 Å². The maximum atomic E-state index is 12.1. The average Bonchev–Trinajstić information content (AvgIpc) is 2.06. The fraction of sp³-hybridized carbons (Fsp3) is 0.143. The molecular weight excluding hydrogens is 203 g/mol. The third-order valence-corrected chi connectivity index (χ3v) is 1.58. The third kappa shape index (κ3) is 1.48. The van der Waals surface area contributed by atoms with E-state index in [0.717, 1.165) is 0 Å². The predicted molar refractivity (Wildman–Crippen MR) is 40.9 cm³/mol. The molecule has 1 aromatic carbocycles. The van der Waals surface area contributed by atoms with Crippen molar-refractivity contribution in [2.24, 2.45) is 0 Å². The van der Waals surface area contributed by atoms with E-state index in [-0.39, 0.29) is 0 Å². The van der Waals surface area contributed by atoms with Crippen LogP contribution in [0.3, 0.4) is 0 Å². The molecule has 0 aliphatic rings. The first-order valence-electron chi connectivity index (χ1n) is 3.35. The molecule has 0 saturated carbocycles. The minimum Gasteiger partial charge on any atom is -0.504 e. The van der Waals surface area contributed by atoms with Crippen molar-refractivity contribution in [2.45, 2.75) is 6.18 Å². The highest BCUT2D eigenvalue weighted by Crippen LogP contribution is 2.47. The number of alkyl halides is 3. The van der Waals surface area contributed by atoms with E-state index >= 15 is 0 Å². The molecule has 0 aromatic heterocycles. The second-order valence-electron chi connectivity index (χ2n) is 2.56. The Bertz CT molecular complexity index is 375. The van der Waals surface area contributed by atoms with Crippen molar-refractivity contribution >= 4 is 5.69 Å². The van der Waals surface area contributed by atoms with Crippen molar-refractivity contribution < 1.29 is 28.5 Å². The van der Waals surface area contributed by atoms with Gasteiger partial charge in [-0.2, -0.15) is 13.2 Å². The Morgan fingerprint density at radius 2 is 1.50 bits per heavy atom. The molecule has 0 fully saturated rings. The Kier molecular flexibility index (Phi) is 2.10. The van der Waals surface area contributed by atoms with E-state index in [2.05, 4.69) is 0 Å². The second-order valence-corrected chi connectivity index (χ2v) is 2.56. The Morgan fingerprint density at radius 1 is 1.00 bits per heavy atom. The summed E-state index contributed by atoms with van der Waals surface area (Å²) >= 11 is 0. The Hall–Kier alpha value is -1.79. The molecule has 0 aliphatic heterocycles. The number of hydrogen-bond acceptors (Lipinski definition) is 4. The molecule has 0 spiro atoms. The van der Waals surface area contributed by atoms with Gasteiger partial charge >= 0.3 is 6.18 Å². The quantitative estimate of drug-likeness (QED) is 0.295. The van der Waals surface area contributed by atoms with Gasteiger partial charge in [-0.1, -0.05) is 0 Å². The number of rotatable bonds is 0. The molecule has 1 aromatic rings. The van der Waals surface area contributed by atoms with Crippen molar-refractivity contribution in [1.29, 1.82) is 0 Å². The molecule has 0 saturated heterocycles. The highest BCUT2D eigenvalue weighted by Gasteiger charge is 2.36. The molecule has 0 radical (unpaired) electrons. The van der Waals surface area contributed by atoms with E-state index < -0.39 is 34.7 Å². The molecule has 5 N–H and O–H groups in total. The minimum atomic E-state index is -4.84. The highest BCUT2D eigenvalue weighted by atomic mass is 19.4. The fourth-order valence-electron chi connectivity index (χ4n) is 0.885. The lowest BCUT2D eigenvalue weighted by Gasteiger charge is -2.12. The number of halogens is 3. The number of benzene rings is 1. The van der Waals surface area contributed by atoms with Crippen molar-refractivity contribution in [3.8, 4) is 17.2 Å². The molecule has 78 valence electrons. The second kappa shape index (κ2) is 2.86. The monoisotopic (exact) mass is 209 g/mol. The number of nitrogen functional groups attached to an aromatic ring is 1. The van der Waals surface area contributed by atoms with Gasteiger partial charge in [0.25, 0.3) is 0 Å². The van der Waals surface area contributed by atoms with Gasteiger partial charge in [-0.25, -0.2) is 0 Å². The van der Waals surface area contributed by atoms with Gasteiger partial charge in [0, 0.05) is 0 Å². The first-order valence-corrected chi connectivity index (χ1v) is 3.35. The zero-order valence-corrected chi connectivity index (χ0v) is 6.63. The summed E-state index contributed by atoms with van der Waals surface area (Å²) in [4.78, 5) is 0. The van der Waals surface area contributed by atoms with Gasteiger partial charge in [-0.05, 0) is 6.07 Å². The normalized spacial score (nSPS) is 11.6. The highest BCUT2D eigenvalue weighted by molar-refractivity contribution is 5.67. The molecule has 4 nitrogen and oxygen atoms in total. The molecule has 0 aliphatic carbocycles. The number of phenolic OH excluding ortho intramolecular Hbond substituents is 3. The van der Waals surface area contributed by atoms with Crippen LogP contribution in [0.5, 0.6) is 17.2 Å². The summed E-state index contributed by atoms with van der Waals surface area (Å²) in [6.45, 7) is 0. The zero-order valence-electron chi connectivity index (χ0n) is 6.63. The van der Waals surface area contributed by atoms with Crippen LogP contribution in [0.4, 0.5) is 18.9 Å². The first-order chi connectivity index (χ1) is 6.25. The van der Waals surface area contributed by atoms with E-state index in [1.807, 2.05) is 0 Å². The van der Waals surface area contributed by atoms with Crippen LogP contribution in [0.25, 0.3) is 0 Å². The van der Waals surface area contributed by atoms with Crippen LogP contribution < -0.4 is 5.73 Å². The lowest BCUT2D eigenvalue weighted by Crippen LogP contribution is -2.06. The number of anilines is 1. The van der Waals surface area contributed by atoms with Crippen molar-refractivity contribution in [3.63, 3.8) is 0 Å². The molecule has 0 unspecified atom stereocenters. The van der Waals surface area contributed by atoms with Crippen LogP contribution >= 0.6 is 0 Å². The molecule has 0 amide bonds. The zero-order chi connectivity index (χ0) is 11.1. The predicted octanol–water partition coefficient (Wildman–Crippen LogP) is 1.40. The minimum absolute atomic E-state index is 0.338. The number of aromatic hydroxyl groups is 3. The Labute approximate surface area is 76.0 Å². The Morgan fingerprint density at radius 3 is 1.93 bits per heavy atom. The number of phenols is 3. The lowest BCUT2D eigenvalue weighted by molar-refractivity contribution is -0.138. The van der Waals surface area contributed by atoms with Gasteiger partial charge in [-0.3, -0.25) is 0 Å². The maximum absolute atomic E-state index is 12.1. The van der Waals surface area contributed by atoms with Crippen molar-refractivity contribution in [2.75, 3.05) is 5.73 Å². The van der Waals surface area contributed by atoms with Gasteiger partial charge in [0.05, 0.1) is 5.69 Å². The Balaban J connectivity index is 3.49. The molecule has 14 heavy (non-hydrogen) atoms. The van der Waals surface area contributed by atoms with Crippen LogP contribution in [-0.4, -0.2) is 15.3 Å². The summed E-state index contributed by atoms with van der Waals surface area (Å²) in [6.07, 6.45) is -4.84. The summed E-state index contributed by atoms with van der Waals surface area (Å²) < 4.78 is 36.4.